The first-order valence-corrected chi connectivity index (χ1v) is 7.13. The number of carbonyl (C=O) groups excluding carboxylic acids is 1. The number of nitrogens with zero attached hydrogens (tertiary/aromatic N) is 1. The van der Waals surface area contributed by atoms with E-state index in [9.17, 15) is 9.90 Å². The zero-order valence-electron chi connectivity index (χ0n) is 11.7. The van der Waals surface area contributed by atoms with Crippen molar-refractivity contribution >= 4 is 16.7 Å². The lowest BCUT2D eigenvalue weighted by Crippen LogP contribution is -2.33. The highest BCUT2D eigenvalue weighted by atomic mass is 16.3. The van der Waals surface area contributed by atoms with E-state index in [-0.39, 0.29) is 18.2 Å². The Morgan fingerprint density at radius 3 is 2.57 bits per heavy atom. The number of amides is 1. The Hall–Kier alpha value is -2.47. The second-order valence-corrected chi connectivity index (χ2v) is 5.55. The van der Waals surface area contributed by atoms with Crippen molar-refractivity contribution < 1.29 is 9.90 Å². The number of phenols is 1. The van der Waals surface area contributed by atoms with Crippen LogP contribution in [0, 0.1) is 18.3 Å². The van der Waals surface area contributed by atoms with Crippen LogP contribution in [0.5, 0.6) is 5.75 Å². The van der Waals surface area contributed by atoms with Crippen molar-refractivity contribution in [3.63, 3.8) is 0 Å². The molecule has 0 unspecified atom stereocenters. The van der Waals surface area contributed by atoms with Crippen molar-refractivity contribution in [3.05, 3.63) is 42.0 Å². The Kier molecular flexibility index (Phi) is 3.53. The third-order valence-corrected chi connectivity index (χ3v) is 3.84. The Bertz CT molecular complexity index is 726. The summed E-state index contributed by atoms with van der Waals surface area (Å²) in [5, 5.41) is 12.0. The van der Waals surface area contributed by atoms with Gasteiger partial charge in [0.15, 0.2) is 0 Å². The molecule has 3 rings (SSSR count). The molecule has 0 aliphatic heterocycles. The van der Waals surface area contributed by atoms with Gasteiger partial charge in [-0.1, -0.05) is 30.2 Å². The van der Waals surface area contributed by atoms with Crippen LogP contribution in [-0.4, -0.2) is 29.0 Å². The first kappa shape index (κ1) is 13.5. The summed E-state index contributed by atoms with van der Waals surface area (Å²) in [5.74, 6) is 2.91. The summed E-state index contributed by atoms with van der Waals surface area (Å²) in [6, 6.07) is 11.0. The van der Waals surface area contributed by atoms with Gasteiger partial charge in [0.1, 0.15) is 5.75 Å². The van der Waals surface area contributed by atoms with E-state index in [1.807, 2.05) is 24.3 Å². The van der Waals surface area contributed by atoms with E-state index >= 15 is 0 Å². The minimum atomic E-state index is -0.192. The molecule has 1 aliphatic carbocycles. The zero-order chi connectivity index (χ0) is 14.8. The molecule has 21 heavy (non-hydrogen) atoms. The Morgan fingerprint density at radius 2 is 1.95 bits per heavy atom. The molecule has 0 saturated heterocycles. The molecule has 1 N–H and O–H groups in total. The monoisotopic (exact) mass is 279 g/mol. The number of terminal acetylenes is 1. The standard InChI is InChI=1S/C18H17NO2/c1-2-9-19(12-13-7-8-13)18(21)16-10-14-5-3-4-6-15(14)11-17(16)20/h1,3-6,10-11,13,20H,7-9,12H2. The topological polar surface area (TPSA) is 40.5 Å². The SMILES string of the molecule is C#CCN(CC1CC1)C(=O)c1cc2ccccc2cc1O. The third kappa shape index (κ3) is 2.85. The lowest BCUT2D eigenvalue weighted by atomic mass is 10.0. The number of aromatic hydroxyl groups is 1. The van der Waals surface area contributed by atoms with Crippen LogP contribution in [0.4, 0.5) is 0 Å². The van der Waals surface area contributed by atoms with Gasteiger partial charge in [0.2, 0.25) is 0 Å². The van der Waals surface area contributed by atoms with Crippen LogP contribution in [0.25, 0.3) is 10.8 Å². The molecular weight excluding hydrogens is 262 g/mol. The summed E-state index contributed by atoms with van der Waals surface area (Å²) in [6.07, 6.45) is 7.67. The first-order chi connectivity index (χ1) is 10.2. The van der Waals surface area contributed by atoms with Crippen LogP contribution in [0.3, 0.4) is 0 Å². The normalized spacial score (nSPS) is 13.9. The molecule has 3 heteroatoms. The molecule has 2 aromatic carbocycles. The Balaban J connectivity index is 1.95. The molecule has 106 valence electrons. The van der Waals surface area contributed by atoms with Crippen LogP contribution in [0.15, 0.2) is 36.4 Å². The van der Waals surface area contributed by atoms with Crippen molar-refractivity contribution in [1.82, 2.24) is 4.90 Å². The Morgan fingerprint density at radius 1 is 1.29 bits per heavy atom. The van der Waals surface area contributed by atoms with Gasteiger partial charge in [0, 0.05) is 6.54 Å². The fourth-order valence-corrected chi connectivity index (χ4v) is 2.51. The molecule has 1 aliphatic rings. The summed E-state index contributed by atoms with van der Waals surface area (Å²) < 4.78 is 0. The van der Waals surface area contributed by atoms with Gasteiger partial charge in [0.05, 0.1) is 12.1 Å². The Labute approximate surface area is 124 Å². The quantitative estimate of drug-likeness (QED) is 0.874. The van der Waals surface area contributed by atoms with E-state index in [0.717, 1.165) is 23.6 Å². The summed E-state index contributed by atoms with van der Waals surface area (Å²) in [4.78, 5) is 14.3. The second kappa shape index (κ2) is 5.49. The van der Waals surface area contributed by atoms with E-state index in [2.05, 4.69) is 5.92 Å². The molecule has 0 heterocycles. The molecule has 2 aromatic rings. The maximum Gasteiger partial charge on any atom is 0.258 e. The zero-order valence-corrected chi connectivity index (χ0v) is 11.7. The van der Waals surface area contributed by atoms with E-state index in [0.29, 0.717) is 18.0 Å². The van der Waals surface area contributed by atoms with Gasteiger partial charge in [-0.25, -0.2) is 0 Å². The average Bonchev–Trinajstić information content (AvgIpc) is 3.29. The van der Waals surface area contributed by atoms with Crippen molar-refractivity contribution in [2.75, 3.05) is 13.1 Å². The fraction of sp³-hybridized carbons (Fsp3) is 0.278. The maximum atomic E-state index is 12.6. The number of rotatable bonds is 4. The number of hydrogen-bond donors (Lipinski definition) is 1. The number of benzene rings is 2. The van der Waals surface area contributed by atoms with Crippen LogP contribution >= 0.6 is 0 Å². The summed E-state index contributed by atoms with van der Waals surface area (Å²) >= 11 is 0. The van der Waals surface area contributed by atoms with Crippen LogP contribution in [-0.2, 0) is 0 Å². The molecule has 1 saturated carbocycles. The molecule has 0 spiro atoms. The first-order valence-electron chi connectivity index (χ1n) is 7.13. The molecule has 3 nitrogen and oxygen atoms in total. The summed E-state index contributed by atoms with van der Waals surface area (Å²) in [6.45, 7) is 0.955. The summed E-state index contributed by atoms with van der Waals surface area (Å²) in [5.41, 5.74) is 0.324. The minimum absolute atomic E-state index is 0.0107. The maximum absolute atomic E-state index is 12.6. The summed E-state index contributed by atoms with van der Waals surface area (Å²) in [7, 11) is 0. The molecule has 0 atom stereocenters. The van der Waals surface area contributed by atoms with E-state index in [1.165, 1.54) is 0 Å². The van der Waals surface area contributed by atoms with Gasteiger partial charge in [-0.05, 0) is 41.7 Å². The van der Waals surface area contributed by atoms with Gasteiger partial charge in [0.25, 0.3) is 5.91 Å². The molecule has 1 fully saturated rings. The predicted molar refractivity (Wildman–Crippen MR) is 83.1 cm³/mol. The number of carbonyl (C=O) groups is 1. The highest BCUT2D eigenvalue weighted by molar-refractivity contribution is 6.01. The molecule has 0 aromatic heterocycles. The van der Waals surface area contributed by atoms with Crippen LogP contribution in [0.1, 0.15) is 23.2 Å². The number of fused-ring (bicyclic) bond motifs is 1. The highest BCUT2D eigenvalue weighted by Gasteiger charge is 2.28. The lowest BCUT2D eigenvalue weighted by Gasteiger charge is -2.21. The van der Waals surface area contributed by atoms with Gasteiger partial charge in [-0.3, -0.25) is 4.79 Å². The van der Waals surface area contributed by atoms with Crippen molar-refractivity contribution in [3.8, 4) is 18.1 Å². The highest BCUT2D eigenvalue weighted by Crippen LogP contribution is 2.31. The van der Waals surface area contributed by atoms with Crippen LogP contribution in [0.2, 0.25) is 0 Å². The number of phenolic OH excluding ortho intramolecular Hbond substituents is 1. The van der Waals surface area contributed by atoms with E-state index in [4.69, 9.17) is 6.42 Å². The van der Waals surface area contributed by atoms with E-state index < -0.39 is 0 Å². The largest absolute Gasteiger partial charge is 0.507 e. The van der Waals surface area contributed by atoms with Crippen LogP contribution < -0.4 is 0 Å². The van der Waals surface area contributed by atoms with Crippen molar-refractivity contribution in [1.29, 1.82) is 0 Å². The smallest absolute Gasteiger partial charge is 0.258 e. The number of hydrogen-bond acceptors (Lipinski definition) is 2. The fourth-order valence-electron chi connectivity index (χ4n) is 2.51. The van der Waals surface area contributed by atoms with Gasteiger partial charge in [-0.2, -0.15) is 0 Å². The molecule has 1 amide bonds. The second-order valence-electron chi connectivity index (χ2n) is 5.55. The molecule has 0 radical (unpaired) electrons. The average molecular weight is 279 g/mol. The molecular formula is C18H17NO2. The van der Waals surface area contributed by atoms with Gasteiger partial charge >= 0.3 is 0 Å². The minimum Gasteiger partial charge on any atom is -0.507 e. The van der Waals surface area contributed by atoms with Gasteiger partial charge in [-0.15, -0.1) is 6.42 Å². The van der Waals surface area contributed by atoms with Gasteiger partial charge < -0.3 is 10.0 Å². The predicted octanol–water partition coefficient (Wildman–Crippen LogP) is 3.03. The van der Waals surface area contributed by atoms with Crippen molar-refractivity contribution in [2.45, 2.75) is 12.8 Å². The van der Waals surface area contributed by atoms with E-state index in [1.54, 1.807) is 17.0 Å². The third-order valence-electron chi connectivity index (χ3n) is 3.84. The lowest BCUT2D eigenvalue weighted by molar-refractivity contribution is 0.0767. The molecule has 0 bridgehead atoms. The van der Waals surface area contributed by atoms with Crippen molar-refractivity contribution in [2.24, 2.45) is 5.92 Å².